The van der Waals surface area contributed by atoms with Crippen molar-refractivity contribution in [2.45, 2.75) is 19.8 Å². The van der Waals surface area contributed by atoms with Gasteiger partial charge in [-0.25, -0.2) is 10.4 Å². The zero-order chi connectivity index (χ0) is 14.5. The van der Waals surface area contributed by atoms with Crippen LogP contribution in [0.5, 0.6) is 0 Å². The molecule has 0 aliphatic carbocycles. The fraction of sp³-hybridized carbons (Fsp3) is 0.214. The summed E-state index contributed by atoms with van der Waals surface area (Å²) in [6, 6.07) is 9.67. The van der Waals surface area contributed by atoms with Crippen LogP contribution in [0.1, 0.15) is 36.9 Å². The minimum atomic E-state index is 0.117. The molecule has 102 valence electrons. The average Bonchev–Trinajstić information content (AvgIpc) is 2.82. The Bertz CT molecular complexity index is 670. The number of nitriles is 1. The van der Waals surface area contributed by atoms with Gasteiger partial charge >= 0.3 is 0 Å². The van der Waals surface area contributed by atoms with Gasteiger partial charge in [-0.2, -0.15) is 10.4 Å². The lowest BCUT2D eigenvalue weighted by atomic mass is 10.2. The van der Waals surface area contributed by atoms with E-state index < -0.39 is 0 Å². The van der Waals surface area contributed by atoms with Crippen LogP contribution in [0.3, 0.4) is 0 Å². The number of hydrogen-bond acceptors (Lipinski definition) is 5. The second-order valence-corrected chi connectivity index (χ2v) is 5.34. The summed E-state index contributed by atoms with van der Waals surface area (Å²) in [6.07, 6.45) is 1.64. The first-order valence-corrected chi connectivity index (χ1v) is 6.85. The predicted octanol–water partition coefficient (Wildman–Crippen LogP) is 3.88. The van der Waals surface area contributed by atoms with Gasteiger partial charge in [0.25, 0.3) is 5.88 Å². The predicted molar refractivity (Wildman–Crippen MR) is 80.7 cm³/mol. The van der Waals surface area contributed by atoms with Crippen molar-refractivity contribution in [2.24, 2.45) is 5.10 Å². The molecular formula is C14H13BrN4O. The number of anilines is 1. The van der Waals surface area contributed by atoms with Crippen molar-refractivity contribution in [3.8, 4) is 6.07 Å². The largest absolute Gasteiger partial charge is 0.422 e. The number of rotatable bonds is 4. The lowest BCUT2D eigenvalue weighted by Gasteiger charge is -1.97. The summed E-state index contributed by atoms with van der Waals surface area (Å²) in [4.78, 5) is 4.10. The van der Waals surface area contributed by atoms with E-state index >= 15 is 0 Å². The molecule has 1 aromatic carbocycles. The van der Waals surface area contributed by atoms with Crippen LogP contribution in [0, 0.1) is 11.3 Å². The highest BCUT2D eigenvalue weighted by Gasteiger charge is 2.14. The minimum absolute atomic E-state index is 0.117. The smallest absolute Gasteiger partial charge is 0.252 e. The van der Waals surface area contributed by atoms with E-state index in [1.165, 1.54) is 0 Å². The third kappa shape index (κ3) is 3.45. The van der Waals surface area contributed by atoms with Gasteiger partial charge in [0.05, 0.1) is 6.21 Å². The van der Waals surface area contributed by atoms with Gasteiger partial charge in [0.15, 0.2) is 0 Å². The fourth-order valence-electron chi connectivity index (χ4n) is 1.49. The van der Waals surface area contributed by atoms with E-state index in [-0.39, 0.29) is 17.5 Å². The van der Waals surface area contributed by atoms with Gasteiger partial charge in [-0.05, 0) is 17.7 Å². The van der Waals surface area contributed by atoms with Crippen LogP contribution in [0.4, 0.5) is 5.88 Å². The second-order valence-electron chi connectivity index (χ2n) is 4.42. The molecule has 0 saturated carbocycles. The molecule has 20 heavy (non-hydrogen) atoms. The molecule has 1 N–H and O–H groups in total. The van der Waals surface area contributed by atoms with E-state index in [9.17, 15) is 0 Å². The molecule has 2 aromatic rings. The van der Waals surface area contributed by atoms with Crippen LogP contribution in [0.2, 0.25) is 0 Å². The third-order valence-electron chi connectivity index (χ3n) is 2.47. The van der Waals surface area contributed by atoms with Gasteiger partial charge < -0.3 is 4.42 Å². The second kappa shape index (κ2) is 6.35. The summed E-state index contributed by atoms with van der Waals surface area (Å²) >= 11 is 3.39. The van der Waals surface area contributed by atoms with Crippen molar-refractivity contribution in [1.29, 1.82) is 5.26 Å². The standard InChI is InChI=1S/C14H13BrN4O/c1-9(2)13-18-12(7-16)14(20-13)19-17-8-10-4-3-5-11(15)6-10/h3-6,8-9,19H,1-2H3. The van der Waals surface area contributed by atoms with Crippen LogP contribution < -0.4 is 5.43 Å². The molecule has 0 aliphatic heterocycles. The number of hydrogen-bond donors (Lipinski definition) is 1. The van der Waals surface area contributed by atoms with E-state index in [1.54, 1.807) is 6.21 Å². The number of nitrogens with zero attached hydrogens (tertiary/aromatic N) is 3. The Balaban J connectivity index is 2.13. The summed E-state index contributed by atoms with van der Waals surface area (Å²) < 4.78 is 6.43. The minimum Gasteiger partial charge on any atom is -0.422 e. The molecular weight excluding hydrogens is 320 g/mol. The van der Waals surface area contributed by atoms with Crippen LogP contribution >= 0.6 is 15.9 Å². The maximum atomic E-state index is 9.00. The fourth-order valence-corrected chi connectivity index (χ4v) is 1.90. The van der Waals surface area contributed by atoms with Crippen molar-refractivity contribution >= 4 is 28.0 Å². The van der Waals surface area contributed by atoms with Crippen LogP contribution in [0.25, 0.3) is 0 Å². The lowest BCUT2D eigenvalue weighted by Crippen LogP contribution is -1.91. The van der Waals surface area contributed by atoms with Gasteiger partial charge in [-0.3, -0.25) is 0 Å². The molecule has 0 amide bonds. The van der Waals surface area contributed by atoms with Gasteiger partial charge in [0, 0.05) is 10.4 Å². The maximum Gasteiger partial charge on any atom is 0.252 e. The molecule has 0 spiro atoms. The summed E-state index contributed by atoms with van der Waals surface area (Å²) in [5, 5.41) is 13.0. The number of benzene rings is 1. The summed E-state index contributed by atoms with van der Waals surface area (Å²) in [6.45, 7) is 3.89. The van der Waals surface area contributed by atoms with E-state index in [0.29, 0.717) is 5.89 Å². The molecule has 0 bridgehead atoms. The molecule has 0 atom stereocenters. The molecule has 2 rings (SSSR count). The summed E-state index contributed by atoms with van der Waals surface area (Å²) in [7, 11) is 0. The van der Waals surface area contributed by atoms with Crippen molar-refractivity contribution < 1.29 is 4.42 Å². The van der Waals surface area contributed by atoms with Crippen molar-refractivity contribution in [3.05, 3.63) is 45.9 Å². The molecule has 0 aliphatic rings. The van der Waals surface area contributed by atoms with Gasteiger partial charge in [-0.1, -0.05) is 41.9 Å². The van der Waals surface area contributed by atoms with E-state index in [2.05, 4.69) is 31.4 Å². The van der Waals surface area contributed by atoms with Crippen molar-refractivity contribution in [3.63, 3.8) is 0 Å². The number of hydrazone groups is 1. The normalized spacial score (nSPS) is 10.9. The van der Waals surface area contributed by atoms with Gasteiger partial charge in [0.1, 0.15) is 6.07 Å². The molecule has 1 aromatic heterocycles. The Hall–Kier alpha value is -2.13. The molecule has 5 nitrogen and oxygen atoms in total. The van der Waals surface area contributed by atoms with Gasteiger partial charge in [-0.15, -0.1) is 0 Å². The highest BCUT2D eigenvalue weighted by molar-refractivity contribution is 9.10. The Morgan fingerprint density at radius 2 is 2.30 bits per heavy atom. The third-order valence-corrected chi connectivity index (χ3v) is 2.97. The first-order valence-electron chi connectivity index (χ1n) is 6.05. The molecule has 1 heterocycles. The molecule has 0 saturated heterocycles. The number of nitrogens with one attached hydrogen (secondary N) is 1. The monoisotopic (exact) mass is 332 g/mol. The van der Waals surface area contributed by atoms with E-state index in [4.69, 9.17) is 9.68 Å². The highest BCUT2D eigenvalue weighted by atomic mass is 79.9. The Morgan fingerprint density at radius 1 is 1.50 bits per heavy atom. The molecule has 0 unspecified atom stereocenters. The first kappa shape index (κ1) is 14.3. The summed E-state index contributed by atoms with van der Waals surface area (Å²) in [5.74, 6) is 0.899. The Labute approximate surface area is 125 Å². The molecule has 0 fully saturated rings. The van der Waals surface area contributed by atoms with E-state index in [1.807, 2.05) is 44.2 Å². The SMILES string of the molecule is CC(C)c1nc(C#N)c(NN=Cc2cccc(Br)c2)o1. The van der Waals surface area contributed by atoms with Crippen LogP contribution in [0.15, 0.2) is 38.3 Å². The maximum absolute atomic E-state index is 9.00. The molecule has 6 heteroatoms. The van der Waals surface area contributed by atoms with Crippen LogP contribution in [-0.2, 0) is 0 Å². The van der Waals surface area contributed by atoms with Crippen LogP contribution in [-0.4, -0.2) is 11.2 Å². The molecule has 0 radical (unpaired) electrons. The quantitative estimate of drug-likeness (QED) is 0.681. The number of halogens is 1. The number of oxazole rings is 1. The topological polar surface area (TPSA) is 74.2 Å². The highest BCUT2D eigenvalue weighted by Crippen LogP contribution is 2.22. The zero-order valence-corrected chi connectivity index (χ0v) is 12.7. The van der Waals surface area contributed by atoms with Crippen molar-refractivity contribution in [2.75, 3.05) is 5.43 Å². The lowest BCUT2D eigenvalue weighted by molar-refractivity contribution is 0.481. The average molecular weight is 333 g/mol. The Morgan fingerprint density at radius 3 is 2.95 bits per heavy atom. The van der Waals surface area contributed by atoms with Gasteiger partial charge in [0.2, 0.25) is 11.6 Å². The zero-order valence-electron chi connectivity index (χ0n) is 11.1. The number of aromatic nitrogens is 1. The first-order chi connectivity index (χ1) is 9.60. The van der Waals surface area contributed by atoms with Crippen molar-refractivity contribution in [1.82, 2.24) is 4.98 Å². The summed E-state index contributed by atoms with van der Waals surface area (Å²) in [5.41, 5.74) is 3.84. The Kier molecular flexibility index (Phi) is 4.53. The van der Waals surface area contributed by atoms with E-state index in [0.717, 1.165) is 10.0 Å².